The fourth-order valence-electron chi connectivity index (χ4n) is 1.70. The van der Waals surface area contributed by atoms with Crippen LogP contribution in [0.2, 0.25) is 0 Å². The molecule has 1 unspecified atom stereocenters. The predicted octanol–water partition coefficient (Wildman–Crippen LogP) is 0.871. The van der Waals surface area contributed by atoms with E-state index in [0.717, 1.165) is 25.0 Å². The van der Waals surface area contributed by atoms with Crippen LogP contribution in [-0.4, -0.2) is 38.7 Å². The first-order chi connectivity index (χ1) is 8.99. The Morgan fingerprint density at radius 2 is 2.26 bits per heavy atom. The summed E-state index contributed by atoms with van der Waals surface area (Å²) >= 11 is 0. The standard InChI is InChI=1S/C11H13N3O5/c15-9(6-1-2-6)5-12-10-8(14(18)19)4-3-7(13-10)11(16)17/h3-4,6,9,15H,1-2,5H2,(H,12,13)(H,16,17). The summed E-state index contributed by atoms with van der Waals surface area (Å²) in [5.74, 6) is -1.18. The van der Waals surface area contributed by atoms with Gasteiger partial charge in [0.25, 0.3) is 0 Å². The molecule has 1 aromatic rings. The fraction of sp³-hybridized carbons (Fsp3) is 0.455. The Bertz CT molecular complexity index is 515. The number of aromatic carboxylic acids is 1. The zero-order chi connectivity index (χ0) is 14.0. The van der Waals surface area contributed by atoms with Crippen LogP contribution in [0.3, 0.4) is 0 Å². The van der Waals surface area contributed by atoms with Crippen molar-refractivity contribution in [3.8, 4) is 0 Å². The molecule has 0 bridgehead atoms. The molecule has 3 N–H and O–H groups in total. The number of carbonyl (C=O) groups is 1. The van der Waals surface area contributed by atoms with E-state index in [1.165, 1.54) is 0 Å². The van der Waals surface area contributed by atoms with Crippen LogP contribution in [0.1, 0.15) is 23.3 Å². The molecule has 8 nitrogen and oxygen atoms in total. The normalized spacial score (nSPS) is 15.8. The number of nitrogens with one attached hydrogen (secondary N) is 1. The van der Waals surface area contributed by atoms with Crippen LogP contribution >= 0.6 is 0 Å². The second-order valence-electron chi connectivity index (χ2n) is 4.41. The molecule has 0 radical (unpaired) electrons. The van der Waals surface area contributed by atoms with E-state index in [1.54, 1.807) is 0 Å². The van der Waals surface area contributed by atoms with Gasteiger partial charge in [-0.25, -0.2) is 9.78 Å². The molecule has 0 spiro atoms. The minimum Gasteiger partial charge on any atom is -0.477 e. The minimum atomic E-state index is -1.26. The number of aromatic nitrogens is 1. The number of pyridine rings is 1. The predicted molar refractivity (Wildman–Crippen MR) is 65.1 cm³/mol. The number of carboxylic acid groups (broad SMARTS) is 1. The summed E-state index contributed by atoms with van der Waals surface area (Å²) < 4.78 is 0. The van der Waals surface area contributed by atoms with Gasteiger partial charge in [-0.2, -0.15) is 0 Å². The Kier molecular flexibility index (Phi) is 3.61. The first-order valence-electron chi connectivity index (χ1n) is 5.79. The van der Waals surface area contributed by atoms with Crippen LogP contribution in [0.4, 0.5) is 11.5 Å². The summed E-state index contributed by atoms with van der Waals surface area (Å²) in [5.41, 5.74) is -0.595. The molecule has 1 saturated carbocycles. The van der Waals surface area contributed by atoms with Crippen molar-refractivity contribution in [3.05, 3.63) is 27.9 Å². The maximum absolute atomic E-state index is 10.8. The second-order valence-corrected chi connectivity index (χ2v) is 4.41. The molecule has 0 aromatic carbocycles. The highest BCUT2D eigenvalue weighted by Crippen LogP contribution is 2.33. The zero-order valence-electron chi connectivity index (χ0n) is 9.94. The van der Waals surface area contributed by atoms with Crippen molar-refractivity contribution in [2.45, 2.75) is 18.9 Å². The van der Waals surface area contributed by atoms with E-state index in [4.69, 9.17) is 5.11 Å². The molecule has 1 aliphatic carbocycles. The first kappa shape index (κ1) is 13.2. The summed E-state index contributed by atoms with van der Waals surface area (Å²) in [4.78, 5) is 24.6. The van der Waals surface area contributed by atoms with Crippen molar-refractivity contribution < 1.29 is 19.9 Å². The Morgan fingerprint density at radius 1 is 1.58 bits per heavy atom. The van der Waals surface area contributed by atoms with Gasteiger partial charge in [-0.05, 0) is 24.8 Å². The number of rotatable bonds is 6. The van der Waals surface area contributed by atoms with E-state index in [0.29, 0.717) is 0 Å². The number of hydrogen-bond acceptors (Lipinski definition) is 6. The molecule has 8 heteroatoms. The maximum atomic E-state index is 10.8. The minimum absolute atomic E-state index is 0.113. The molecule has 0 aliphatic heterocycles. The van der Waals surface area contributed by atoms with Gasteiger partial charge in [0, 0.05) is 12.6 Å². The number of aliphatic hydroxyl groups excluding tert-OH is 1. The monoisotopic (exact) mass is 267 g/mol. The van der Waals surface area contributed by atoms with Gasteiger partial charge < -0.3 is 15.5 Å². The average molecular weight is 267 g/mol. The number of nitro groups is 1. The third-order valence-corrected chi connectivity index (χ3v) is 2.93. The van der Waals surface area contributed by atoms with Crippen LogP contribution in [0, 0.1) is 16.0 Å². The highest BCUT2D eigenvalue weighted by molar-refractivity contribution is 5.86. The number of anilines is 1. The molecule has 1 fully saturated rings. The molecule has 0 amide bonds. The molecule has 1 aliphatic rings. The molecular formula is C11H13N3O5. The van der Waals surface area contributed by atoms with E-state index < -0.39 is 17.0 Å². The Labute approximate surface area is 108 Å². The van der Waals surface area contributed by atoms with Gasteiger partial charge >= 0.3 is 11.7 Å². The first-order valence-corrected chi connectivity index (χ1v) is 5.79. The van der Waals surface area contributed by atoms with E-state index >= 15 is 0 Å². The summed E-state index contributed by atoms with van der Waals surface area (Å²) in [5, 5.41) is 31.9. The Morgan fingerprint density at radius 3 is 2.79 bits per heavy atom. The third kappa shape index (κ3) is 3.16. The van der Waals surface area contributed by atoms with Crippen molar-refractivity contribution in [2.75, 3.05) is 11.9 Å². The van der Waals surface area contributed by atoms with E-state index in [2.05, 4.69) is 10.3 Å². The average Bonchev–Trinajstić information content (AvgIpc) is 3.19. The van der Waals surface area contributed by atoms with Gasteiger partial charge in [-0.15, -0.1) is 0 Å². The largest absolute Gasteiger partial charge is 0.477 e. The van der Waals surface area contributed by atoms with E-state index in [9.17, 15) is 20.0 Å². The molecule has 102 valence electrons. The third-order valence-electron chi connectivity index (χ3n) is 2.93. The Hall–Kier alpha value is -2.22. The summed E-state index contributed by atoms with van der Waals surface area (Å²) in [6.45, 7) is 0.113. The van der Waals surface area contributed by atoms with Crippen molar-refractivity contribution in [1.82, 2.24) is 4.98 Å². The molecule has 0 saturated heterocycles. The van der Waals surface area contributed by atoms with Gasteiger partial charge in [0.05, 0.1) is 11.0 Å². The summed E-state index contributed by atoms with van der Waals surface area (Å²) in [7, 11) is 0. The lowest BCUT2D eigenvalue weighted by molar-refractivity contribution is -0.384. The van der Waals surface area contributed by atoms with Crippen LogP contribution in [0.25, 0.3) is 0 Å². The topological polar surface area (TPSA) is 126 Å². The summed E-state index contributed by atoms with van der Waals surface area (Å²) in [6.07, 6.45) is 1.27. The molecule has 1 aromatic heterocycles. The van der Waals surface area contributed by atoms with Crippen molar-refractivity contribution in [3.63, 3.8) is 0 Å². The second kappa shape index (κ2) is 5.19. The van der Waals surface area contributed by atoms with Crippen LogP contribution in [0.15, 0.2) is 12.1 Å². The van der Waals surface area contributed by atoms with Crippen LogP contribution in [0.5, 0.6) is 0 Å². The molecule has 1 atom stereocenters. The van der Waals surface area contributed by atoms with Crippen molar-refractivity contribution in [2.24, 2.45) is 5.92 Å². The molecule has 1 heterocycles. The van der Waals surface area contributed by atoms with E-state index in [1.807, 2.05) is 0 Å². The lowest BCUT2D eigenvalue weighted by Crippen LogP contribution is -2.22. The number of hydrogen-bond donors (Lipinski definition) is 3. The highest BCUT2D eigenvalue weighted by atomic mass is 16.6. The van der Waals surface area contributed by atoms with Gasteiger partial charge in [0.15, 0.2) is 5.69 Å². The fourth-order valence-corrected chi connectivity index (χ4v) is 1.70. The zero-order valence-corrected chi connectivity index (χ0v) is 9.94. The smallest absolute Gasteiger partial charge is 0.354 e. The quantitative estimate of drug-likeness (QED) is 0.515. The maximum Gasteiger partial charge on any atom is 0.354 e. The van der Waals surface area contributed by atoms with Crippen molar-refractivity contribution >= 4 is 17.5 Å². The number of aliphatic hydroxyl groups is 1. The van der Waals surface area contributed by atoms with E-state index in [-0.39, 0.29) is 29.7 Å². The summed E-state index contributed by atoms with van der Waals surface area (Å²) in [6, 6.07) is 2.16. The number of nitrogens with zero attached hydrogens (tertiary/aromatic N) is 2. The van der Waals surface area contributed by atoms with Gasteiger partial charge in [0.2, 0.25) is 5.82 Å². The lowest BCUT2D eigenvalue weighted by Gasteiger charge is -2.11. The van der Waals surface area contributed by atoms with Crippen LogP contribution in [-0.2, 0) is 0 Å². The molecule has 2 rings (SSSR count). The molecule has 19 heavy (non-hydrogen) atoms. The SMILES string of the molecule is O=C(O)c1ccc([N+](=O)[O-])c(NCC(O)C2CC2)n1. The molecular weight excluding hydrogens is 254 g/mol. The highest BCUT2D eigenvalue weighted by Gasteiger charge is 2.30. The van der Waals surface area contributed by atoms with Crippen LogP contribution < -0.4 is 5.32 Å². The van der Waals surface area contributed by atoms with Gasteiger partial charge in [-0.3, -0.25) is 10.1 Å². The Balaban J connectivity index is 2.16. The van der Waals surface area contributed by atoms with Gasteiger partial charge in [0.1, 0.15) is 0 Å². The lowest BCUT2D eigenvalue weighted by atomic mass is 10.2. The van der Waals surface area contributed by atoms with Gasteiger partial charge in [-0.1, -0.05) is 0 Å². The number of carboxylic acids is 1. The van der Waals surface area contributed by atoms with Crippen molar-refractivity contribution in [1.29, 1.82) is 0 Å².